The van der Waals surface area contributed by atoms with Gasteiger partial charge in [0.15, 0.2) is 5.41 Å². The summed E-state index contributed by atoms with van der Waals surface area (Å²) in [6, 6.07) is 0. The molecular weight excluding hydrogens is 298 g/mol. The first-order chi connectivity index (χ1) is 9.27. The Hall–Kier alpha value is -1.01. The van der Waals surface area contributed by atoms with Crippen molar-refractivity contribution in [3.8, 4) is 0 Å². The van der Waals surface area contributed by atoms with Crippen LogP contribution in [0.25, 0.3) is 0 Å². The van der Waals surface area contributed by atoms with Crippen LogP contribution in [0.1, 0.15) is 46.5 Å². The van der Waals surface area contributed by atoms with Crippen molar-refractivity contribution in [3.63, 3.8) is 0 Å². The van der Waals surface area contributed by atoms with Gasteiger partial charge in [0, 0.05) is 6.42 Å². The highest BCUT2D eigenvalue weighted by molar-refractivity contribution is 5.48. The fraction of sp³-hybridized carbons (Fsp3) is 0.786. The molecule has 0 aromatic carbocycles. The Morgan fingerprint density at radius 2 is 1.38 bits per heavy atom. The molecule has 0 aromatic heterocycles. The fourth-order valence-electron chi connectivity index (χ4n) is 1.73. The van der Waals surface area contributed by atoms with E-state index >= 15 is 0 Å². The molecule has 0 heterocycles. The largest absolute Gasteiger partial charge is 0.406 e. The maximum atomic E-state index is 12.7. The van der Waals surface area contributed by atoms with Gasteiger partial charge >= 0.3 is 12.4 Å². The fourth-order valence-corrected chi connectivity index (χ4v) is 1.73. The molecule has 0 aliphatic heterocycles. The number of halogens is 6. The van der Waals surface area contributed by atoms with Crippen LogP contribution in [0.5, 0.6) is 0 Å². The molecule has 0 fully saturated rings. The van der Waals surface area contributed by atoms with E-state index in [9.17, 15) is 31.1 Å². The van der Waals surface area contributed by atoms with Gasteiger partial charge < -0.3 is 4.79 Å². The zero-order valence-electron chi connectivity index (χ0n) is 12.2. The molecule has 0 aliphatic carbocycles. The van der Waals surface area contributed by atoms with Crippen LogP contribution in [0.3, 0.4) is 0 Å². The second-order valence-corrected chi connectivity index (χ2v) is 6.03. The van der Waals surface area contributed by atoms with E-state index in [-0.39, 0.29) is 19.4 Å². The summed E-state index contributed by atoms with van der Waals surface area (Å²) in [5.74, 6) is 0. The van der Waals surface area contributed by atoms with Crippen LogP contribution in [0.2, 0.25) is 0 Å². The Balaban J connectivity index is 4.93. The van der Waals surface area contributed by atoms with Crippen LogP contribution in [0, 0.1) is 10.8 Å². The second-order valence-electron chi connectivity index (χ2n) is 6.03. The molecule has 21 heavy (non-hydrogen) atoms. The summed E-state index contributed by atoms with van der Waals surface area (Å²) in [5.41, 5.74) is -4.31. The molecule has 1 nitrogen and oxygen atoms in total. The highest BCUT2D eigenvalue weighted by Gasteiger charge is 2.65. The highest BCUT2D eigenvalue weighted by atomic mass is 19.4. The standard InChI is InChI=1S/C14H20F6O/c1-11(2,7-4-5-10-21)8-6-9-12(3,13(15,16)17)14(18,19)20/h6,9-10H,4-5,7-8H2,1-3H3/b9-6-. The molecule has 0 amide bonds. The van der Waals surface area contributed by atoms with Gasteiger partial charge in [-0.25, -0.2) is 0 Å². The Morgan fingerprint density at radius 3 is 1.76 bits per heavy atom. The van der Waals surface area contributed by atoms with Crippen molar-refractivity contribution in [2.45, 2.75) is 58.8 Å². The van der Waals surface area contributed by atoms with E-state index in [1.807, 2.05) is 0 Å². The number of hydrogen-bond acceptors (Lipinski definition) is 1. The topological polar surface area (TPSA) is 17.1 Å². The number of carbonyl (C=O) groups excluding carboxylic acids is 1. The van der Waals surface area contributed by atoms with E-state index in [1.54, 1.807) is 13.8 Å². The van der Waals surface area contributed by atoms with Crippen molar-refractivity contribution < 1.29 is 31.1 Å². The smallest absolute Gasteiger partial charge is 0.303 e. The molecule has 0 aromatic rings. The predicted molar refractivity (Wildman–Crippen MR) is 67.7 cm³/mol. The third-order valence-corrected chi connectivity index (χ3v) is 3.47. The number of aldehydes is 1. The number of hydrogen-bond donors (Lipinski definition) is 0. The molecule has 0 spiro atoms. The summed E-state index contributed by atoms with van der Waals surface area (Å²) in [6.07, 6.45) is -7.44. The molecule has 0 aliphatic rings. The maximum Gasteiger partial charge on any atom is 0.406 e. The van der Waals surface area contributed by atoms with E-state index in [4.69, 9.17) is 0 Å². The minimum atomic E-state index is -5.40. The predicted octanol–water partition coefficient (Wildman–Crippen LogP) is 5.46. The van der Waals surface area contributed by atoms with Gasteiger partial charge in [-0.3, -0.25) is 0 Å². The molecule has 0 rings (SSSR count). The average Bonchev–Trinajstić information content (AvgIpc) is 2.25. The van der Waals surface area contributed by atoms with Gasteiger partial charge in [0.25, 0.3) is 0 Å². The molecule has 0 N–H and O–H groups in total. The van der Waals surface area contributed by atoms with Crippen LogP contribution in [-0.2, 0) is 4.79 Å². The van der Waals surface area contributed by atoms with Gasteiger partial charge in [0.2, 0.25) is 0 Å². The summed E-state index contributed by atoms with van der Waals surface area (Å²) in [6.45, 7) is 3.60. The molecule has 7 heteroatoms. The Kier molecular flexibility index (Phi) is 6.50. The third kappa shape index (κ3) is 5.71. The molecule has 0 atom stereocenters. The Morgan fingerprint density at radius 1 is 0.905 bits per heavy atom. The monoisotopic (exact) mass is 318 g/mol. The third-order valence-electron chi connectivity index (χ3n) is 3.47. The quantitative estimate of drug-likeness (QED) is 0.264. The Bertz CT molecular complexity index is 351. The second kappa shape index (κ2) is 6.83. The summed E-state index contributed by atoms with van der Waals surface area (Å²) in [5, 5.41) is 0. The van der Waals surface area contributed by atoms with Gasteiger partial charge in [0.05, 0.1) is 0 Å². The van der Waals surface area contributed by atoms with E-state index in [0.717, 1.165) is 12.4 Å². The van der Waals surface area contributed by atoms with E-state index in [2.05, 4.69) is 0 Å². The van der Waals surface area contributed by atoms with E-state index < -0.39 is 23.2 Å². The number of allylic oxidation sites excluding steroid dienone is 2. The molecule has 0 unspecified atom stereocenters. The van der Waals surface area contributed by atoms with Crippen molar-refractivity contribution in [1.82, 2.24) is 0 Å². The van der Waals surface area contributed by atoms with E-state index in [1.165, 1.54) is 0 Å². The summed E-state index contributed by atoms with van der Waals surface area (Å²) in [7, 11) is 0. The normalized spacial score (nSPS) is 14.7. The summed E-state index contributed by atoms with van der Waals surface area (Å²) < 4.78 is 76.0. The minimum Gasteiger partial charge on any atom is -0.303 e. The number of alkyl halides is 6. The maximum absolute atomic E-state index is 12.7. The van der Waals surface area contributed by atoms with Gasteiger partial charge in [-0.15, -0.1) is 0 Å². The zero-order valence-corrected chi connectivity index (χ0v) is 12.2. The lowest BCUT2D eigenvalue weighted by atomic mass is 9.82. The van der Waals surface area contributed by atoms with Crippen molar-refractivity contribution in [2.75, 3.05) is 0 Å². The number of rotatable bonds is 7. The van der Waals surface area contributed by atoms with Crippen molar-refractivity contribution in [3.05, 3.63) is 12.2 Å². The first-order valence-corrected chi connectivity index (χ1v) is 6.52. The van der Waals surface area contributed by atoms with Gasteiger partial charge in [0.1, 0.15) is 6.29 Å². The summed E-state index contributed by atoms with van der Waals surface area (Å²) in [4.78, 5) is 10.2. The lowest BCUT2D eigenvalue weighted by Gasteiger charge is -2.31. The van der Waals surface area contributed by atoms with Crippen LogP contribution in [0.15, 0.2) is 12.2 Å². The number of unbranched alkanes of at least 4 members (excludes halogenated alkanes) is 1. The SMILES string of the molecule is CC(C)(C/C=C\C(C)(C(F)(F)F)C(F)(F)F)CCCC=O. The average molecular weight is 318 g/mol. The lowest BCUT2D eigenvalue weighted by molar-refractivity contribution is -0.314. The van der Waals surface area contributed by atoms with Crippen molar-refractivity contribution >= 4 is 6.29 Å². The van der Waals surface area contributed by atoms with Crippen LogP contribution in [-0.4, -0.2) is 18.6 Å². The minimum absolute atomic E-state index is 0.0770. The van der Waals surface area contributed by atoms with Gasteiger partial charge in [-0.1, -0.05) is 26.0 Å². The lowest BCUT2D eigenvalue weighted by Crippen LogP contribution is -2.46. The van der Waals surface area contributed by atoms with Gasteiger partial charge in [-0.05, 0) is 31.6 Å². The van der Waals surface area contributed by atoms with Crippen LogP contribution < -0.4 is 0 Å². The zero-order chi connectivity index (χ0) is 16.9. The molecular formula is C14H20F6O. The van der Waals surface area contributed by atoms with Crippen molar-refractivity contribution in [1.29, 1.82) is 0 Å². The van der Waals surface area contributed by atoms with E-state index in [0.29, 0.717) is 19.3 Å². The molecule has 124 valence electrons. The molecule has 0 bridgehead atoms. The molecule has 0 radical (unpaired) electrons. The van der Waals surface area contributed by atoms with Crippen LogP contribution >= 0.6 is 0 Å². The van der Waals surface area contributed by atoms with Crippen LogP contribution in [0.4, 0.5) is 26.3 Å². The van der Waals surface area contributed by atoms with Crippen molar-refractivity contribution in [2.24, 2.45) is 10.8 Å². The molecule has 0 saturated carbocycles. The molecule has 0 saturated heterocycles. The Labute approximate surface area is 120 Å². The summed E-state index contributed by atoms with van der Waals surface area (Å²) >= 11 is 0. The van der Waals surface area contributed by atoms with Gasteiger partial charge in [-0.2, -0.15) is 26.3 Å². The first-order valence-electron chi connectivity index (χ1n) is 6.52. The number of carbonyl (C=O) groups is 1. The highest BCUT2D eigenvalue weighted by Crippen LogP contribution is 2.51. The first kappa shape index (κ1) is 20.0.